The molecule has 0 aromatic heterocycles. The molecule has 0 radical (unpaired) electrons. The van der Waals surface area contributed by atoms with Crippen molar-refractivity contribution in [1.29, 1.82) is 0 Å². The van der Waals surface area contributed by atoms with Crippen LogP contribution in [0, 0.1) is 5.92 Å². The summed E-state index contributed by atoms with van der Waals surface area (Å²) in [5, 5.41) is 3.93. The van der Waals surface area contributed by atoms with E-state index in [0.717, 1.165) is 35.7 Å². The third-order valence-corrected chi connectivity index (χ3v) is 4.37. The number of hydrogen-bond donors (Lipinski definition) is 2. The Morgan fingerprint density at radius 1 is 1.55 bits per heavy atom. The first kappa shape index (κ1) is 15.1. The van der Waals surface area contributed by atoms with Gasteiger partial charge in [-0.1, -0.05) is 17.7 Å². The number of piperidine rings is 1. The fourth-order valence-corrected chi connectivity index (χ4v) is 2.95. The molecule has 0 bridgehead atoms. The second-order valence-electron chi connectivity index (χ2n) is 5.41. The Hall–Kier alpha value is -1.26. The predicted octanol–water partition coefficient (Wildman–Crippen LogP) is 2.32. The van der Waals surface area contributed by atoms with Gasteiger partial charge in [-0.3, -0.25) is 4.79 Å². The molecule has 1 heterocycles. The maximum atomic E-state index is 11.4. The van der Waals surface area contributed by atoms with E-state index in [0.29, 0.717) is 6.54 Å². The first-order chi connectivity index (χ1) is 9.52. The van der Waals surface area contributed by atoms with Gasteiger partial charge < -0.3 is 16.0 Å². The standard InChI is InChI=1S/C15H22ClN3O/c1-10(18-2)11-5-6-14(13(16)8-11)19-7-3-4-12(9-19)15(17)20/h5-6,8,10,12,18H,3-4,7,9H2,1-2H3,(H2,17,20). The largest absolute Gasteiger partial charge is 0.370 e. The topological polar surface area (TPSA) is 58.4 Å². The van der Waals surface area contributed by atoms with Gasteiger partial charge in [0, 0.05) is 19.1 Å². The number of carbonyl (C=O) groups excluding carboxylic acids is 1. The number of benzene rings is 1. The third-order valence-electron chi connectivity index (χ3n) is 4.07. The Bertz CT molecular complexity index is 492. The number of primary amides is 1. The van der Waals surface area contributed by atoms with Crippen LogP contribution in [-0.2, 0) is 4.79 Å². The average Bonchev–Trinajstić information content (AvgIpc) is 2.46. The molecular weight excluding hydrogens is 274 g/mol. The maximum absolute atomic E-state index is 11.4. The molecule has 2 unspecified atom stereocenters. The minimum Gasteiger partial charge on any atom is -0.370 e. The molecule has 1 aliphatic rings. The highest BCUT2D eigenvalue weighted by atomic mass is 35.5. The van der Waals surface area contributed by atoms with E-state index in [1.54, 1.807) is 0 Å². The molecule has 5 heteroatoms. The molecule has 20 heavy (non-hydrogen) atoms. The van der Waals surface area contributed by atoms with E-state index < -0.39 is 0 Å². The quantitative estimate of drug-likeness (QED) is 0.896. The zero-order valence-corrected chi connectivity index (χ0v) is 12.8. The first-order valence-electron chi connectivity index (χ1n) is 7.04. The van der Waals surface area contributed by atoms with Crippen molar-refractivity contribution in [3.05, 3.63) is 28.8 Å². The molecule has 1 amide bonds. The highest BCUT2D eigenvalue weighted by Gasteiger charge is 2.25. The van der Waals surface area contributed by atoms with E-state index in [-0.39, 0.29) is 17.9 Å². The smallest absolute Gasteiger partial charge is 0.222 e. The Morgan fingerprint density at radius 2 is 2.30 bits per heavy atom. The lowest BCUT2D eigenvalue weighted by molar-refractivity contribution is -0.122. The molecule has 1 saturated heterocycles. The van der Waals surface area contributed by atoms with Gasteiger partial charge in [0.15, 0.2) is 0 Å². The summed E-state index contributed by atoms with van der Waals surface area (Å²) in [6.07, 6.45) is 1.84. The normalized spacial score (nSPS) is 20.8. The molecule has 1 aliphatic heterocycles. The fourth-order valence-electron chi connectivity index (χ4n) is 2.64. The zero-order valence-electron chi connectivity index (χ0n) is 12.0. The van der Waals surface area contributed by atoms with E-state index in [1.165, 1.54) is 0 Å². The van der Waals surface area contributed by atoms with Gasteiger partial charge in [0.2, 0.25) is 5.91 Å². The lowest BCUT2D eigenvalue weighted by Crippen LogP contribution is -2.41. The number of nitrogens with one attached hydrogen (secondary N) is 1. The summed E-state index contributed by atoms with van der Waals surface area (Å²) in [4.78, 5) is 13.5. The van der Waals surface area contributed by atoms with E-state index in [4.69, 9.17) is 17.3 Å². The molecule has 2 atom stereocenters. The van der Waals surface area contributed by atoms with Crippen LogP contribution in [0.2, 0.25) is 5.02 Å². The zero-order chi connectivity index (χ0) is 14.7. The first-order valence-corrected chi connectivity index (χ1v) is 7.41. The van der Waals surface area contributed by atoms with E-state index in [9.17, 15) is 4.79 Å². The fraction of sp³-hybridized carbons (Fsp3) is 0.533. The van der Waals surface area contributed by atoms with Crippen LogP contribution in [-0.4, -0.2) is 26.0 Å². The maximum Gasteiger partial charge on any atom is 0.222 e. The number of halogens is 1. The molecule has 0 saturated carbocycles. The number of anilines is 1. The average molecular weight is 296 g/mol. The van der Waals surface area contributed by atoms with E-state index in [2.05, 4.69) is 23.2 Å². The summed E-state index contributed by atoms with van der Waals surface area (Å²) in [6, 6.07) is 6.37. The second kappa shape index (κ2) is 6.46. The Balaban J connectivity index is 2.18. The summed E-state index contributed by atoms with van der Waals surface area (Å²) in [7, 11) is 1.93. The molecule has 2 rings (SSSR count). The molecule has 4 nitrogen and oxygen atoms in total. The lowest BCUT2D eigenvalue weighted by Gasteiger charge is -2.33. The van der Waals surface area contributed by atoms with Crippen molar-refractivity contribution in [2.24, 2.45) is 11.7 Å². The van der Waals surface area contributed by atoms with Gasteiger partial charge >= 0.3 is 0 Å². The van der Waals surface area contributed by atoms with Crippen LogP contribution in [0.3, 0.4) is 0 Å². The van der Waals surface area contributed by atoms with E-state index in [1.807, 2.05) is 19.2 Å². The number of nitrogens with two attached hydrogens (primary N) is 1. The summed E-state index contributed by atoms with van der Waals surface area (Å²) < 4.78 is 0. The van der Waals surface area contributed by atoms with Gasteiger partial charge in [0.05, 0.1) is 16.6 Å². The molecule has 1 aromatic carbocycles. The van der Waals surface area contributed by atoms with Gasteiger partial charge in [-0.05, 0) is 44.5 Å². The summed E-state index contributed by atoms with van der Waals surface area (Å²) in [5.74, 6) is -0.290. The highest BCUT2D eigenvalue weighted by Crippen LogP contribution is 2.31. The van der Waals surface area contributed by atoms with Crippen molar-refractivity contribution in [2.75, 3.05) is 25.0 Å². The van der Waals surface area contributed by atoms with Crippen molar-refractivity contribution in [1.82, 2.24) is 5.32 Å². The number of rotatable bonds is 4. The van der Waals surface area contributed by atoms with Gasteiger partial charge in [0.25, 0.3) is 0 Å². The lowest BCUT2D eigenvalue weighted by atomic mass is 9.96. The van der Waals surface area contributed by atoms with Gasteiger partial charge in [-0.25, -0.2) is 0 Å². The minimum absolute atomic E-state index is 0.0734. The van der Waals surface area contributed by atoms with Crippen molar-refractivity contribution >= 4 is 23.2 Å². The Morgan fingerprint density at radius 3 is 2.90 bits per heavy atom. The molecular formula is C15H22ClN3O. The Kier molecular flexibility index (Phi) is 4.89. The van der Waals surface area contributed by atoms with Crippen molar-refractivity contribution in [3.8, 4) is 0 Å². The number of nitrogens with zero attached hydrogens (tertiary/aromatic N) is 1. The van der Waals surface area contributed by atoms with Crippen LogP contribution in [0.25, 0.3) is 0 Å². The van der Waals surface area contributed by atoms with Crippen LogP contribution in [0.15, 0.2) is 18.2 Å². The van der Waals surface area contributed by atoms with Crippen LogP contribution in [0.4, 0.5) is 5.69 Å². The van der Waals surface area contributed by atoms with Crippen LogP contribution >= 0.6 is 11.6 Å². The molecule has 1 aromatic rings. The second-order valence-corrected chi connectivity index (χ2v) is 5.82. The van der Waals surface area contributed by atoms with Crippen molar-refractivity contribution < 1.29 is 4.79 Å². The highest BCUT2D eigenvalue weighted by molar-refractivity contribution is 6.33. The van der Waals surface area contributed by atoms with Crippen LogP contribution in [0.5, 0.6) is 0 Å². The Labute approximate surface area is 125 Å². The van der Waals surface area contributed by atoms with E-state index >= 15 is 0 Å². The van der Waals surface area contributed by atoms with Crippen LogP contribution in [0.1, 0.15) is 31.4 Å². The van der Waals surface area contributed by atoms with Crippen molar-refractivity contribution in [2.45, 2.75) is 25.8 Å². The minimum atomic E-state index is -0.216. The monoisotopic (exact) mass is 295 g/mol. The van der Waals surface area contributed by atoms with Gasteiger partial charge in [-0.2, -0.15) is 0 Å². The molecule has 3 N–H and O–H groups in total. The van der Waals surface area contributed by atoms with Crippen LogP contribution < -0.4 is 16.0 Å². The van der Waals surface area contributed by atoms with Gasteiger partial charge in [0.1, 0.15) is 0 Å². The summed E-state index contributed by atoms with van der Waals surface area (Å²) in [6.45, 7) is 3.68. The number of amides is 1. The van der Waals surface area contributed by atoms with Gasteiger partial charge in [-0.15, -0.1) is 0 Å². The predicted molar refractivity (Wildman–Crippen MR) is 83.1 cm³/mol. The number of hydrogen-bond acceptors (Lipinski definition) is 3. The summed E-state index contributed by atoms with van der Waals surface area (Å²) in [5.41, 5.74) is 7.57. The molecule has 0 aliphatic carbocycles. The number of carbonyl (C=O) groups is 1. The van der Waals surface area contributed by atoms with Crippen molar-refractivity contribution in [3.63, 3.8) is 0 Å². The SMILES string of the molecule is CNC(C)c1ccc(N2CCCC(C(N)=O)C2)c(Cl)c1. The molecule has 0 spiro atoms. The summed E-state index contributed by atoms with van der Waals surface area (Å²) >= 11 is 6.41. The third kappa shape index (κ3) is 3.25. The molecule has 110 valence electrons. The molecule has 1 fully saturated rings.